The molecule has 0 saturated heterocycles. The average Bonchev–Trinajstić information content (AvgIpc) is 2.30. The lowest BCUT2D eigenvalue weighted by atomic mass is 10.2. The minimum absolute atomic E-state index is 0.0117. The summed E-state index contributed by atoms with van der Waals surface area (Å²) in [6.45, 7) is 0. The van der Waals surface area contributed by atoms with Gasteiger partial charge < -0.3 is 10.4 Å². The molecule has 9 heteroatoms. The number of hydrogen-bond acceptors (Lipinski definition) is 4. The number of carboxylic acids is 1. The minimum atomic E-state index is -3.89. The summed E-state index contributed by atoms with van der Waals surface area (Å²) in [6.07, 6.45) is 0.0360. The second-order valence-electron chi connectivity index (χ2n) is 3.98. The Balaban J connectivity index is 2.77. The molecular formula is C11H13ClN2O5S. The topological polar surface area (TPSA) is 127 Å². The van der Waals surface area contributed by atoms with Gasteiger partial charge in [-0.15, -0.1) is 0 Å². The molecule has 1 rings (SSSR count). The van der Waals surface area contributed by atoms with E-state index in [1.807, 2.05) is 0 Å². The van der Waals surface area contributed by atoms with E-state index < -0.39 is 21.9 Å². The molecule has 0 aromatic heterocycles. The van der Waals surface area contributed by atoms with Gasteiger partial charge in [-0.3, -0.25) is 9.59 Å². The zero-order valence-electron chi connectivity index (χ0n) is 10.3. The van der Waals surface area contributed by atoms with Gasteiger partial charge in [0.1, 0.15) is 0 Å². The number of rotatable bonds is 6. The molecule has 0 bridgehead atoms. The van der Waals surface area contributed by atoms with E-state index in [1.165, 1.54) is 12.1 Å². The molecule has 0 aliphatic heterocycles. The zero-order valence-corrected chi connectivity index (χ0v) is 11.9. The smallest absolute Gasteiger partial charge is 0.303 e. The van der Waals surface area contributed by atoms with Crippen molar-refractivity contribution in [2.45, 2.75) is 24.2 Å². The summed E-state index contributed by atoms with van der Waals surface area (Å²) < 4.78 is 22.4. The molecule has 20 heavy (non-hydrogen) atoms. The number of aliphatic carboxylic acids is 1. The van der Waals surface area contributed by atoms with Gasteiger partial charge in [0.2, 0.25) is 15.9 Å². The third kappa shape index (κ3) is 5.16. The predicted octanol–water partition coefficient (Wildman–Crippen LogP) is 1.18. The van der Waals surface area contributed by atoms with Crippen LogP contribution < -0.4 is 10.5 Å². The van der Waals surface area contributed by atoms with E-state index in [-0.39, 0.29) is 34.9 Å². The van der Waals surface area contributed by atoms with Crippen LogP contribution in [-0.4, -0.2) is 25.4 Å². The number of carbonyl (C=O) groups excluding carboxylic acids is 1. The first kappa shape index (κ1) is 16.4. The largest absolute Gasteiger partial charge is 0.481 e. The summed E-state index contributed by atoms with van der Waals surface area (Å²) in [5.41, 5.74) is 0.110. The minimum Gasteiger partial charge on any atom is -0.481 e. The molecule has 1 amide bonds. The van der Waals surface area contributed by atoms with Crippen LogP contribution in [0.25, 0.3) is 0 Å². The Kier molecular flexibility index (Phi) is 5.49. The van der Waals surface area contributed by atoms with Crippen molar-refractivity contribution in [1.82, 2.24) is 0 Å². The molecule has 0 spiro atoms. The highest BCUT2D eigenvalue weighted by molar-refractivity contribution is 7.89. The fourth-order valence-electron chi connectivity index (χ4n) is 1.39. The van der Waals surface area contributed by atoms with E-state index in [4.69, 9.17) is 21.8 Å². The number of sulfonamides is 1. The molecule has 0 aliphatic carbocycles. The molecule has 0 fully saturated rings. The number of anilines is 1. The van der Waals surface area contributed by atoms with Gasteiger partial charge in [0.25, 0.3) is 0 Å². The summed E-state index contributed by atoms with van der Waals surface area (Å²) in [5, 5.41) is 16.0. The van der Waals surface area contributed by atoms with E-state index in [0.717, 1.165) is 6.07 Å². The third-order valence-corrected chi connectivity index (χ3v) is 3.58. The average molecular weight is 321 g/mol. The van der Waals surface area contributed by atoms with Crippen LogP contribution in [0, 0.1) is 0 Å². The van der Waals surface area contributed by atoms with Crippen molar-refractivity contribution in [3.8, 4) is 0 Å². The Labute approximate surface area is 120 Å². The van der Waals surface area contributed by atoms with Crippen molar-refractivity contribution in [3.05, 3.63) is 23.2 Å². The number of nitrogens with one attached hydrogen (secondary N) is 1. The maximum Gasteiger partial charge on any atom is 0.303 e. The fourth-order valence-corrected chi connectivity index (χ4v) is 2.09. The number of benzene rings is 1. The highest BCUT2D eigenvalue weighted by Crippen LogP contribution is 2.25. The number of hydrogen-bond donors (Lipinski definition) is 3. The van der Waals surface area contributed by atoms with Crippen LogP contribution in [0.2, 0.25) is 5.02 Å². The summed E-state index contributed by atoms with van der Waals surface area (Å²) in [7, 11) is -3.89. The maximum atomic E-state index is 11.6. The van der Waals surface area contributed by atoms with Crippen molar-refractivity contribution in [2.24, 2.45) is 5.14 Å². The van der Waals surface area contributed by atoms with Crippen LogP contribution in [0.4, 0.5) is 5.69 Å². The van der Waals surface area contributed by atoms with Crippen LogP contribution in [0.1, 0.15) is 19.3 Å². The van der Waals surface area contributed by atoms with E-state index in [1.54, 1.807) is 0 Å². The molecule has 0 saturated carbocycles. The van der Waals surface area contributed by atoms with Crippen molar-refractivity contribution in [1.29, 1.82) is 0 Å². The lowest BCUT2D eigenvalue weighted by Gasteiger charge is -2.08. The SMILES string of the molecule is NS(=O)(=O)c1ccc(Cl)c(NC(=O)CCCC(=O)O)c1. The van der Waals surface area contributed by atoms with Crippen molar-refractivity contribution >= 4 is 39.2 Å². The molecule has 0 unspecified atom stereocenters. The summed E-state index contributed by atoms with van der Waals surface area (Å²) in [6, 6.07) is 3.67. The fraction of sp³-hybridized carbons (Fsp3) is 0.273. The highest BCUT2D eigenvalue weighted by atomic mass is 35.5. The lowest BCUT2D eigenvalue weighted by molar-refractivity contribution is -0.137. The number of carbonyl (C=O) groups is 2. The van der Waals surface area contributed by atoms with Gasteiger partial charge in [-0.2, -0.15) is 0 Å². The van der Waals surface area contributed by atoms with E-state index >= 15 is 0 Å². The molecule has 1 aromatic carbocycles. The number of primary sulfonamides is 1. The van der Waals surface area contributed by atoms with Crippen LogP contribution in [-0.2, 0) is 19.6 Å². The first-order valence-corrected chi connectivity index (χ1v) is 7.46. The van der Waals surface area contributed by atoms with Crippen LogP contribution in [0.5, 0.6) is 0 Å². The van der Waals surface area contributed by atoms with Gasteiger partial charge in [0, 0.05) is 12.8 Å². The van der Waals surface area contributed by atoms with Crippen LogP contribution in [0.3, 0.4) is 0 Å². The molecule has 0 atom stereocenters. The van der Waals surface area contributed by atoms with Gasteiger partial charge in [0.15, 0.2) is 0 Å². The monoisotopic (exact) mass is 320 g/mol. The normalized spacial score (nSPS) is 11.1. The van der Waals surface area contributed by atoms with Crippen LogP contribution in [0.15, 0.2) is 23.1 Å². The Morgan fingerprint density at radius 1 is 1.30 bits per heavy atom. The van der Waals surface area contributed by atoms with Crippen molar-refractivity contribution < 1.29 is 23.1 Å². The quantitative estimate of drug-likeness (QED) is 0.725. The molecule has 0 radical (unpaired) electrons. The molecule has 7 nitrogen and oxygen atoms in total. The maximum absolute atomic E-state index is 11.6. The molecule has 110 valence electrons. The van der Waals surface area contributed by atoms with Gasteiger partial charge >= 0.3 is 5.97 Å². The first-order chi connectivity index (χ1) is 9.20. The van der Waals surface area contributed by atoms with Gasteiger partial charge in [-0.1, -0.05) is 11.6 Å². The molecular weight excluding hydrogens is 308 g/mol. The highest BCUT2D eigenvalue weighted by Gasteiger charge is 2.12. The second-order valence-corrected chi connectivity index (χ2v) is 5.95. The Hall–Kier alpha value is -1.64. The Bertz CT molecular complexity index is 630. The zero-order chi connectivity index (χ0) is 15.3. The molecule has 0 aliphatic rings. The Morgan fingerprint density at radius 3 is 2.50 bits per heavy atom. The van der Waals surface area contributed by atoms with E-state index in [9.17, 15) is 18.0 Å². The number of nitrogens with two attached hydrogens (primary N) is 1. The second kappa shape index (κ2) is 6.69. The molecule has 0 heterocycles. The van der Waals surface area contributed by atoms with Gasteiger partial charge in [-0.05, 0) is 24.6 Å². The number of amides is 1. The molecule has 4 N–H and O–H groups in total. The summed E-state index contributed by atoms with van der Waals surface area (Å²) >= 11 is 5.83. The van der Waals surface area contributed by atoms with Gasteiger partial charge in [-0.25, -0.2) is 13.6 Å². The summed E-state index contributed by atoms with van der Waals surface area (Å²) in [5.74, 6) is -1.45. The number of carboxylic acid groups (broad SMARTS) is 1. The van der Waals surface area contributed by atoms with Crippen LogP contribution >= 0.6 is 11.6 Å². The standard InChI is InChI=1S/C11H13ClN2O5S/c12-8-5-4-7(20(13,18)19)6-9(8)14-10(15)2-1-3-11(16)17/h4-6H,1-3H2,(H,14,15)(H,16,17)(H2,13,18,19). The van der Waals surface area contributed by atoms with E-state index in [0.29, 0.717) is 0 Å². The first-order valence-electron chi connectivity index (χ1n) is 5.54. The summed E-state index contributed by atoms with van der Waals surface area (Å²) in [4.78, 5) is 21.7. The van der Waals surface area contributed by atoms with Gasteiger partial charge in [0.05, 0.1) is 15.6 Å². The van der Waals surface area contributed by atoms with Crippen molar-refractivity contribution in [2.75, 3.05) is 5.32 Å². The molecule has 1 aromatic rings. The third-order valence-electron chi connectivity index (χ3n) is 2.33. The Morgan fingerprint density at radius 2 is 1.95 bits per heavy atom. The van der Waals surface area contributed by atoms with E-state index in [2.05, 4.69) is 5.32 Å². The van der Waals surface area contributed by atoms with Crippen molar-refractivity contribution in [3.63, 3.8) is 0 Å². The lowest BCUT2D eigenvalue weighted by Crippen LogP contribution is -2.15. The number of halogens is 1. The predicted molar refractivity (Wildman–Crippen MR) is 72.9 cm³/mol.